The van der Waals surface area contributed by atoms with Crippen LogP contribution in [0.5, 0.6) is 0 Å². The van der Waals surface area contributed by atoms with Crippen molar-refractivity contribution in [3.8, 4) is 0 Å². The van der Waals surface area contributed by atoms with Crippen molar-refractivity contribution in [2.24, 2.45) is 0 Å². The van der Waals surface area contributed by atoms with Gasteiger partial charge in [-0.15, -0.1) is 0 Å². The fourth-order valence-electron chi connectivity index (χ4n) is 7.89. The van der Waals surface area contributed by atoms with Crippen molar-refractivity contribution in [2.75, 3.05) is 6.61 Å². The monoisotopic (exact) mass is 818 g/mol. The van der Waals surface area contributed by atoms with E-state index in [1.165, 1.54) is 173 Å². The van der Waals surface area contributed by atoms with E-state index in [0.29, 0.717) is 19.3 Å². The van der Waals surface area contributed by atoms with Crippen molar-refractivity contribution in [1.82, 2.24) is 5.32 Å². The van der Waals surface area contributed by atoms with Crippen molar-refractivity contribution in [1.29, 1.82) is 0 Å². The molecule has 0 fully saturated rings. The molecular formula is C52H99NO5. The third-order valence-electron chi connectivity index (χ3n) is 11.8. The summed E-state index contributed by atoms with van der Waals surface area (Å²) in [5.74, 6) is -0.476. The molecule has 0 aromatic rings. The molecule has 3 unspecified atom stereocenters. The quantitative estimate of drug-likeness (QED) is 0.0323. The van der Waals surface area contributed by atoms with Gasteiger partial charge in [0.1, 0.15) is 6.10 Å². The van der Waals surface area contributed by atoms with Crippen molar-refractivity contribution in [2.45, 2.75) is 289 Å². The molecule has 0 aliphatic rings. The molecule has 0 aromatic carbocycles. The van der Waals surface area contributed by atoms with Gasteiger partial charge in [0.15, 0.2) is 0 Å². The number of carbonyl (C=O) groups is 2. The number of amides is 1. The molecule has 0 aliphatic carbocycles. The van der Waals surface area contributed by atoms with Gasteiger partial charge < -0.3 is 20.3 Å². The van der Waals surface area contributed by atoms with Gasteiger partial charge in [-0.05, 0) is 51.4 Å². The number of hydrogen-bond acceptors (Lipinski definition) is 5. The van der Waals surface area contributed by atoms with Crippen LogP contribution in [-0.2, 0) is 14.3 Å². The van der Waals surface area contributed by atoms with E-state index in [2.05, 4.69) is 50.4 Å². The van der Waals surface area contributed by atoms with Crippen LogP contribution in [0.1, 0.15) is 271 Å². The van der Waals surface area contributed by atoms with E-state index >= 15 is 0 Å². The number of hydrogen-bond donors (Lipinski definition) is 3. The van der Waals surface area contributed by atoms with E-state index in [1.54, 1.807) is 0 Å². The largest absolute Gasteiger partial charge is 0.462 e. The Kier molecular flexibility index (Phi) is 45.1. The van der Waals surface area contributed by atoms with Crippen molar-refractivity contribution >= 4 is 11.9 Å². The van der Waals surface area contributed by atoms with Crippen LogP contribution in [0.2, 0.25) is 0 Å². The average Bonchev–Trinajstić information content (AvgIpc) is 3.22. The van der Waals surface area contributed by atoms with Gasteiger partial charge in [0.2, 0.25) is 5.91 Å². The predicted octanol–water partition coefficient (Wildman–Crippen LogP) is 15.1. The first-order chi connectivity index (χ1) is 28.5. The Balaban J connectivity index is 4.49. The lowest BCUT2D eigenvalue weighted by atomic mass is 10.0. The fraction of sp³-hybridized carbons (Fsp3) is 0.885. The third-order valence-corrected chi connectivity index (χ3v) is 11.8. The summed E-state index contributed by atoms with van der Waals surface area (Å²) in [5.41, 5.74) is 0. The second-order valence-electron chi connectivity index (χ2n) is 17.6. The molecule has 0 saturated carbocycles. The van der Waals surface area contributed by atoms with Crippen LogP contribution in [0.4, 0.5) is 0 Å². The standard InChI is InChI=1S/C52H99NO5/c1-4-7-10-13-16-19-22-24-26-28-30-33-36-39-42-45-52(57)58-48(43-40-37-34-31-21-18-15-12-9-6-3)46-51(56)53-49(47-54)50(55)44-41-38-35-32-29-27-25-23-20-17-14-11-8-5-2/h16,19,22,24,48-50,54-55H,4-15,17-18,20-21,23,25-47H2,1-3H3,(H,53,56)/b19-16+,24-22+. The molecule has 0 heterocycles. The minimum absolute atomic E-state index is 0.0777. The van der Waals surface area contributed by atoms with Crippen LogP contribution in [0.3, 0.4) is 0 Å². The highest BCUT2D eigenvalue weighted by Gasteiger charge is 2.24. The highest BCUT2D eigenvalue weighted by molar-refractivity contribution is 5.77. The van der Waals surface area contributed by atoms with Crippen LogP contribution in [0, 0.1) is 0 Å². The number of nitrogens with one attached hydrogen (secondary N) is 1. The number of carbonyl (C=O) groups excluding carboxylic acids is 2. The maximum atomic E-state index is 13.2. The molecule has 0 radical (unpaired) electrons. The Labute approximate surface area is 361 Å². The highest BCUT2D eigenvalue weighted by Crippen LogP contribution is 2.18. The lowest BCUT2D eigenvalue weighted by Gasteiger charge is -2.24. The molecule has 0 aliphatic heterocycles. The molecule has 1 amide bonds. The number of unbranched alkanes of at least 4 members (excludes halogenated alkanes) is 31. The maximum Gasteiger partial charge on any atom is 0.306 e. The summed E-state index contributed by atoms with van der Waals surface area (Å²) in [6, 6.07) is -0.698. The molecule has 0 saturated heterocycles. The van der Waals surface area contributed by atoms with Gasteiger partial charge in [-0.1, -0.05) is 231 Å². The number of ether oxygens (including phenoxy) is 1. The molecule has 6 nitrogen and oxygen atoms in total. The van der Waals surface area contributed by atoms with E-state index in [-0.39, 0.29) is 24.9 Å². The van der Waals surface area contributed by atoms with E-state index in [1.807, 2.05) is 0 Å². The molecular weight excluding hydrogens is 719 g/mol. The Bertz CT molecular complexity index is 919. The summed E-state index contributed by atoms with van der Waals surface area (Å²) >= 11 is 0. The van der Waals surface area contributed by atoms with Crippen molar-refractivity contribution in [3.63, 3.8) is 0 Å². The van der Waals surface area contributed by atoms with E-state index in [9.17, 15) is 19.8 Å². The molecule has 0 bridgehead atoms. The van der Waals surface area contributed by atoms with E-state index in [0.717, 1.165) is 51.4 Å². The minimum Gasteiger partial charge on any atom is -0.462 e. The van der Waals surface area contributed by atoms with Crippen LogP contribution in [-0.4, -0.2) is 46.9 Å². The van der Waals surface area contributed by atoms with Gasteiger partial charge in [-0.25, -0.2) is 0 Å². The zero-order valence-electron chi connectivity index (χ0n) is 38.9. The Hall–Kier alpha value is -1.66. The topological polar surface area (TPSA) is 95.9 Å². The number of rotatable bonds is 46. The Morgan fingerprint density at radius 2 is 0.862 bits per heavy atom. The van der Waals surface area contributed by atoms with Gasteiger partial charge in [0.05, 0.1) is 25.2 Å². The second kappa shape index (κ2) is 46.4. The van der Waals surface area contributed by atoms with Gasteiger partial charge >= 0.3 is 5.97 Å². The number of allylic oxidation sites excluding steroid dienone is 4. The molecule has 0 spiro atoms. The van der Waals surface area contributed by atoms with Crippen LogP contribution >= 0.6 is 0 Å². The summed E-state index contributed by atoms with van der Waals surface area (Å²) in [4.78, 5) is 26.1. The summed E-state index contributed by atoms with van der Waals surface area (Å²) in [6.07, 6.45) is 52.3. The van der Waals surface area contributed by atoms with Gasteiger partial charge in [-0.3, -0.25) is 9.59 Å². The zero-order valence-corrected chi connectivity index (χ0v) is 38.9. The first-order valence-corrected chi connectivity index (χ1v) is 25.6. The SMILES string of the molecule is CCCCC/C=C/C=C/CCCCCCCCC(=O)OC(CCCCCCCCCCCC)CC(=O)NC(CO)C(O)CCCCCCCCCCCCCCCC. The smallest absolute Gasteiger partial charge is 0.306 e. The summed E-state index contributed by atoms with van der Waals surface area (Å²) in [5, 5.41) is 23.7. The molecule has 342 valence electrons. The Morgan fingerprint density at radius 3 is 1.31 bits per heavy atom. The first kappa shape index (κ1) is 56.3. The van der Waals surface area contributed by atoms with Crippen molar-refractivity contribution in [3.05, 3.63) is 24.3 Å². The first-order valence-electron chi connectivity index (χ1n) is 25.6. The van der Waals surface area contributed by atoms with Crippen LogP contribution in [0.25, 0.3) is 0 Å². The minimum atomic E-state index is -0.784. The summed E-state index contributed by atoms with van der Waals surface area (Å²) in [6.45, 7) is 6.46. The number of esters is 1. The molecule has 3 atom stereocenters. The lowest BCUT2D eigenvalue weighted by Crippen LogP contribution is -2.46. The maximum absolute atomic E-state index is 13.2. The lowest BCUT2D eigenvalue weighted by molar-refractivity contribution is -0.151. The Morgan fingerprint density at radius 1 is 0.500 bits per heavy atom. The summed E-state index contributed by atoms with van der Waals surface area (Å²) < 4.78 is 5.92. The normalized spacial score (nSPS) is 13.4. The third kappa shape index (κ3) is 41.1. The van der Waals surface area contributed by atoms with Crippen molar-refractivity contribution < 1.29 is 24.5 Å². The fourth-order valence-corrected chi connectivity index (χ4v) is 7.89. The second-order valence-corrected chi connectivity index (χ2v) is 17.6. The number of aliphatic hydroxyl groups excluding tert-OH is 2. The molecule has 0 aromatic heterocycles. The van der Waals surface area contributed by atoms with Crippen LogP contribution in [0.15, 0.2) is 24.3 Å². The molecule has 0 rings (SSSR count). The highest BCUT2D eigenvalue weighted by atomic mass is 16.5. The number of aliphatic hydroxyl groups is 2. The molecule has 58 heavy (non-hydrogen) atoms. The van der Waals surface area contributed by atoms with Gasteiger partial charge in [0.25, 0.3) is 0 Å². The zero-order chi connectivity index (χ0) is 42.4. The predicted molar refractivity (Wildman–Crippen MR) is 250 cm³/mol. The molecule has 3 N–H and O–H groups in total. The van der Waals surface area contributed by atoms with E-state index in [4.69, 9.17) is 4.74 Å². The summed E-state index contributed by atoms with van der Waals surface area (Å²) in [7, 11) is 0. The molecule has 6 heteroatoms. The van der Waals surface area contributed by atoms with Crippen LogP contribution < -0.4 is 5.32 Å². The van der Waals surface area contributed by atoms with Gasteiger partial charge in [-0.2, -0.15) is 0 Å². The van der Waals surface area contributed by atoms with E-state index < -0.39 is 18.2 Å². The van der Waals surface area contributed by atoms with Gasteiger partial charge in [0, 0.05) is 6.42 Å². The average molecular weight is 818 g/mol.